The van der Waals surface area contributed by atoms with Gasteiger partial charge in [0.05, 0.1) is 11.1 Å². The van der Waals surface area contributed by atoms with E-state index in [0.29, 0.717) is 22.8 Å². The molecule has 1 aromatic carbocycles. The number of halogens is 1. The minimum absolute atomic E-state index is 0. The monoisotopic (exact) mass is 350 g/mol. The lowest BCUT2D eigenvalue weighted by Gasteiger charge is -2.13. The summed E-state index contributed by atoms with van der Waals surface area (Å²) < 4.78 is 5.38. The second kappa shape index (κ2) is 7.32. The molecule has 0 spiro atoms. The predicted molar refractivity (Wildman–Crippen MR) is 94.4 cm³/mol. The van der Waals surface area contributed by atoms with Crippen molar-refractivity contribution in [3.63, 3.8) is 0 Å². The van der Waals surface area contributed by atoms with Crippen LogP contribution in [0.5, 0.6) is 0 Å². The summed E-state index contributed by atoms with van der Waals surface area (Å²) in [7, 11) is 0. The molecule has 24 heavy (non-hydrogen) atoms. The Morgan fingerprint density at radius 1 is 1.33 bits per heavy atom. The lowest BCUT2D eigenvalue weighted by atomic mass is 9.96. The van der Waals surface area contributed by atoms with Crippen molar-refractivity contribution >= 4 is 18.3 Å². The van der Waals surface area contributed by atoms with Crippen LogP contribution in [0.25, 0.3) is 11.5 Å². The SMILES string of the molecule is CC(C)(C)c1noc(-c2ccccc2C(=O)NC2CCNC2)n1.Cl. The first-order valence-corrected chi connectivity index (χ1v) is 7.90. The van der Waals surface area contributed by atoms with Crippen LogP contribution >= 0.6 is 12.4 Å². The summed E-state index contributed by atoms with van der Waals surface area (Å²) >= 11 is 0. The molecule has 2 aromatic rings. The first-order chi connectivity index (χ1) is 10.9. The molecule has 1 atom stereocenters. The Balaban J connectivity index is 0.00000208. The number of nitrogens with zero attached hydrogens (tertiary/aromatic N) is 2. The minimum Gasteiger partial charge on any atom is -0.348 e. The van der Waals surface area contributed by atoms with Crippen LogP contribution < -0.4 is 10.6 Å². The van der Waals surface area contributed by atoms with Gasteiger partial charge in [0.1, 0.15) is 0 Å². The number of carbonyl (C=O) groups excluding carboxylic acids is 1. The number of nitrogens with one attached hydrogen (secondary N) is 2. The molecule has 1 aromatic heterocycles. The highest BCUT2D eigenvalue weighted by atomic mass is 35.5. The van der Waals surface area contributed by atoms with Crippen molar-refractivity contribution in [3.05, 3.63) is 35.7 Å². The molecule has 0 radical (unpaired) electrons. The topological polar surface area (TPSA) is 80.0 Å². The Morgan fingerprint density at radius 2 is 2.08 bits per heavy atom. The Hall–Kier alpha value is -1.92. The molecular weight excluding hydrogens is 328 g/mol. The summed E-state index contributed by atoms with van der Waals surface area (Å²) in [5, 5.41) is 10.3. The summed E-state index contributed by atoms with van der Waals surface area (Å²) in [6.07, 6.45) is 0.947. The van der Waals surface area contributed by atoms with E-state index in [1.807, 2.05) is 39.0 Å². The molecular formula is C17H23ClN4O2. The summed E-state index contributed by atoms with van der Waals surface area (Å²) in [6.45, 7) is 7.81. The van der Waals surface area contributed by atoms with E-state index in [2.05, 4.69) is 20.8 Å². The second-order valence-corrected chi connectivity index (χ2v) is 6.88. The molecule has 1 unspecified atom stereocenters. The Morgan fingerprint density at radius 3 is 2.71 bits per heavy atom. The largest absolute Gasteiger partial charge is 0.348 e. The molecule has 1 amide bonds. The van der Waals surface area contributed by atoms with Crippen molar-refractivity contribution in [2.24, 2.45) is 0 Å². The summed E-state index contributed by atoms with van der Waals surface area (Å²) in [5.41, 5.74) is 1.02. The van der Waals surface area contributed by atoms with E-state index in [9.17, 15) is 4.79 Å². The van der Waals surface area contributed by atoms with Crippen LogP contribution in [0.1, 0.15) is 43.4 Å². The highest BCUT2D eigenvalue weighted by Gasteiger charge is 2.24. The summed E-state index contributed by atoms with van der Waals surface area (Å²) in [4.78, 5) is 17.0. The molecule has 3 rings (SSSR count). The van der Waals surface area contributed by atoms with Crippen LogP contribution in [0.15, 0.2) is 28.8 Å². The smallest absolute Gasteiger partial charge is 0.258 e. The van der Waals surface area contributed by atoms with Crippen LogP contribution in [-0.2, 0) is 5.41 Å². The normalized spacial score (nSPS) is 17.4. The van der Waals surface area contributed by atoms with Gasteiger partial charge in [-0.15, -0.1) is 12.4 Å². The maximum Gasteiger partial charge on any atom is 0.258 e. The van der Waals surface area contributed by atoms with E-state index in [4.69, 9.17) is 4.52 Å². The maximum absolute atomic E-state index is 12.6. The zero-order valence-corrected chi connectivity index (χ0v) is 14.9. The Labute approximate surface area is 147 Å². The average Bonchev–Trinajstić information content (AvgIpc) is 3.18. The third-order valence-corrected chi connectivity index (χ3v) is 3.89. The zero-order valence-electron chi connectivity index (χ0n) is 14.1. The fraction of sp³-hybridized carbons (Fsp3) is 0.471. The van der Waals surface area contributed by atoms with Crippen LogP contribution in [0.4, 0.5) is 0 Å². The lowest BCUT2D eigenvalue weighted by molar-refractivity contribution is 0.0940. The van der Waals surface area contributed by atoms with Crippen molar-refractivity contribution in [2.75, 3.05) is 13.1 Å². The number of carbonyl (C=O) groups is 1. The van der Waals surface area contributed by atoms with E-state index in [1.165, 1.54) is 0 Å². The Bertz CT molecular complexity index is 703. The fourth-order valence-corrected chi connectivity index (χ4v) is 2.55. The first-order valence-electron chi connectivity index (χ1n) is 7.90. The first kappa shape index (κ1) is 18.4. The number of rotatable bonds is 3. The van der Waals surface area contributed by atoms with Crippen molar-refractivity contribution in [1.29, 1.82) is 0 Å². The van der Waals surface area contributed by atoms with Crippen LogP contribution in [0.3, 0.4) is 0 Å². The van der Waals surface area contributed by atoms with Gasteiger partial charge >= 0.3 is 0 Å². The number of benzene rings is 1. The van der Waals surface area contributed by atoms with Crippen LogP contribution in [0, 0.1) is 0 Å². The van der Waals surface area contributed by atoms with Gasteiger partial charge in [0.15, 0.2) is 5.82 Å². The average molecular weight is 351 g/mol. The molecule has 2 heterocycles. The number of aromatic nitrogens is 2. The molecule has 130 valence electrons. The van der Waals surface area contributed by atoms with Gasteiger partial charge in [0.2, 0.25) is 0 Å². The van der Waals surface area contributed by atoms with E-state index >= 15 is 0 Å². The van der Waals surface area contributed by atoms with Gasteiger partial charge in [-0.25, -0.2) is 0 Å². The number of amides is 1. The number of hydrogen-bond acceptors (Lipinski definition) is 5. The molecule has 0 aliphatic carbocycles. The molecule has 1 aliphatic rings. The highest BCUT2D eigenvalue weighted by Crippen LogP contribution is 2.26. The lowest BCUT2D eigenvalue weighted by Crippen LogP contribution is -2.36. The third-order valence-electron chi connectivity index (χ3n) is 3.89. The second-order valence-electron chi connectivity index (χ2n) is 6.88. The van der Waals surface area contributed by atoms with Crippen molar-refractivity contribution in [2.45, 2.75) is 38.6 Å². The number of hydrogen-bond donors (Lipinski definition) is 2. The molecule has 2 N–H and O–H groups in total. The minimum atomic E-state index is -0.200. The van der Waals surface area contributed by atoms with Crippen LogP contribution in [-0.4, -0.2) is 35.2 Å². The van der Waals surface area contributed by atoms with Gasteiger partial charge in [-0.2, -0.15) is 4.98 Å². The maximum atomic E-state index is 12.6. The molecule has 1 aliphatic heterocycles. The van der Waals surface area contributed by atoms with Crippen LogP contribution in [0.2, 0.25) is 0 Å². The summed E-state index contributed by atoms with van der Waals surface area (Å²) in [6, 6.07) is 7.50. The van der Waals surface area contributed by atoms with Gasteiger partial charge in [-0.1, -0.05) is 38.1 Å². The van der Waals surface area contributed by atoms with Gasteiger partial charge in [0, 0.05) is 18.0 Å². The molecule has 7 heteroatoms. The predicted octanol–water partition coefficient (Wildman–Crippen LogP) is 2.55. The quantitative estimate of drug-likeness (QED) is 0.889. The molecule has 6 nitrogen and oxygen atoms in total. The van der Waals surface area contributed by atoms with E-state index in [1.54, 1.807) is 6.07 Å². The van der Waals surface area contributed by atoms with Gasteiger partial charge in [0.25, 0.3) is 11.8 Å². The van der Waals surface area contributed by atoms with Crippen molar-refractivity contribution in [1.82, 2.24) is 20.8 Å². The fourth-order valence-electron chi connectivity index (χ4n) is 2.55. The Kier molecular flexibility index (Phi) is 5.62. The zero-order chi connectivity index (χ0) is 16.4. The van der Waals surface area contributed by atoms with Gasteiger partial charge in [-0.05, 0) is 25.1 Å². The third kappa shape index (κ3) is 3.94. The molecule has 0 saturated carbocycles. The molecule has 1 fully saturated rings. The van der Waals surface area contributed by atoms with E-state index < -0.39 is 0 Å². The standard InChI is InChI=1S/C17H22N4O2.ClH/c1-17(2,3)16-20-15(23-21-16)13-7-5-4-6-12(13)14(22)19-11-8-9-18-10-11;/h4-7,11,18H,8-10H2,1-3H3,(H,19,22);1H. The van der Waals surface area contributed by atoms with E-state index in [0.717, 1.165) is 19.5 Å². The summed E-state index contributed by atoms with van der Waals surface area (Å²) in [5.74, 6) is 0.901. The highest BCUT2D eigenvalue weighted by molar-refractivity contribution is 6.00. The van der Waals surface area contributed by atoms with E-state index in [-0.39, 0.29) is 29.8 Å². The molecule has 0 bridgehead atoms. The van der Waals surface area contributed by atoms with Gasteiger partial charge in [-0.3, -0.25) is 4.79 Å². The van der Waals surface area contributed by atoms with Gasteiger partial charge < -0.3 is 15.2 Å². The van der Waals surface area contributed by atoms with Crippen molar-refractivity contribution in [3.8, 4) is 11.5 Å². The molecule has 1 saturated heterocycles. The van der Waals surface area contributed by atoms with Crippen molar-refractivity contribution < 1.29 is 9.32 Å².